The summed E-state index contributed by atoms with van der Waals surface area (Å²) in [5.41, 5.74) is 2.78. The second kappa shape index (κ2) is 5.31. The van der Waals surface area contributed by atoms with Crippen LogP contribution < -0.4 is 0 Å². The van der Waals surface area contributed by atoms with Gasteiger partial charge in [-0.15, -0.1) is 0 Å². The molecule has 0 saturated heterocycles. The van der Waals surface area contributed by atoms with E-state index >= 15 is 0 Å². The van der Waals surface area contributed by atoms with Crippen LogP contribution in [0.2, 0.25) is 19.6 Å². The van der Waals surface area contributed by atoms with Crippen molar-refractivity contribution in [2.45, 2.75) is 51.7 Å². The Bertz CT molecular complexity index is 443. The fraction of sp³-hybridized carbons (Fsp3) is 0.500. The second-order valence-corrected chi connectivity index (χ2v) is 10.7. The highest BCUT2D eigenvalue weighted by atomic mass is 28.4. The zero-order valence-corrected chi connectivity index (χ0v) is 13.0. The lowest BCUT2D eigenvalue weighted by molar-refractivity contribution is 0.373. The zero-order chi connectivity index (χ0) is 13.2. The van der Waals surface area contributed by atoms with Gasteiger partial charge in [0.2, 0.25) is 8.32 Å². The molecule has 0 saturated carbocycles. The first-order chi connectivity index (χ1) is 8.44. The Morgan fingerprint density at radius 1 is 1.22 bits per heavy atom. The lowest BCUT2D eigenvalue weighted by atomic mass is 9.88. The highest BCUT2D eigenvalue weighted by Crippen LogP contribution is 2.32. The molecule has 1 aromatic carbocycles. The molecule has 0 N–H and O–H groups in total. The quantitative estimate of drug-likeness (QED) is 0.695. The lowest BCUT2D eigenvalue weighted by Crippen LogP contribution is -2.25. The zero-order valence-electron chi connectivity index (χ0n) is 12.0. The highest BCUT2D eigenvalue weighted by molar-refractivity contribution is 6.70. The fourth-order valence-electron chi connectivity index (χ4n) is 2.53. The van der Waals surface area contributed by atoms with E-state index in [9.17, 15) is 0 Å². The van der Waals surface area contributed by atoms with Crippen molar-refractivity contribution >= 4 is 8.32 Å². The van der Waals surface area contributed by atoms with Crippen molar-refractivity contribution in [3.05, 3.63) is 47.2 Å². The molecular weight excluding hydrogens is 236 g/mol. The minimum Gasteiger partial charge on any atom is -0.548 e. The average molecular weight is 260 g/mol. The molecule has 18 heavy (non-hydrogen) atoms. The van der Waals surface area contributed by atoms with Gasteiger partial charge < -0.3 is 4.43 Å². The van der Waals surface area contributed by atoms with Crippen molar-refractivity contribution in [3.8, 4) is 0 Å². The van der Waals surface area contributed by atoms with Crippen molar-refractivity contribution in [3.63, 3.8) is 0 Å². The van der Waals surface area contributed by atoms with Crippen LogP contribution in [-0.2, 0) is 4.43 Å². The summed E-state index contributed by atoms with van der Waals surface area (Å²) in [6, 6.07) is 8.87. The molecular formula is C16H24OSi. The molecule has 1 nitrogen and oxygen atoms in total. The molecule has 0 aromatic heterocycles. The standard InChI is InChI=1S/C16H24OSi/c1-13-7-5-8-14(11-13)15-9-6-10-16(12-15)17-18(2,3)4/h5,7-8,11-12,15H,6,9-10H2,1-4H3. The monoisotopic (exact) mass is 260 g/mol. The van der Waals surface area contributed by atoms with Gasteiger partial charge in [-0.05, 0) is 51.0 Å². The maximum absolute atomic E-state index is 6.16. The summed E-state index contributed by atoms with van der Waals surface area (Å²) < 4.78 is 6.16. The van der Waals surface area contributed by atoms with E-state index in [4.69, 9.17) is 4.43 Å². The van der Waals surface area contributed by atoms with E-state index in [1.165, 1.54) is 29.7 Å². The van der Waals surface area contributed by atoms with Crippen LogP contribution in [0.3, 0.4) is 0 Å². The first-order valence-electron chi connectivity index (χ1n) is 6.90. The number of rotatable bonds is 3. The molecule has 0 radical (unpaired) electrons. The van der Waals surface area contributed by atoms with Gasteiger partial charge in [0.05, 0.1) is 5.76 Å². The topological polar surface area (TPSA) is 9.23 Å². The van der Waals surface area contributed by atoms with Crippen LogP contribution in [0.15, 0.2) is 36.1 Å². The molecule has 2 rings (SSSR count). The van der Waals surface area contributed by atoms with Gasteiger partial charge in [-0.2, -0.15) is 0 Å². The number of hydrogen-bond acceptors (Lipinski definition) is 1. The Hall–Kier alpha value is -1.02. The first kappa shape index (κ1) is 13.4. The molecule has 98 valence electrons. The predicted octanol–water partition coefficient (Wildman–Crippen LogP) is 5.00. The lowest BCUT2D eigenvalue weighted by Gasteiger charge is -2.27. The van der Waals surface area contributed by atoms with Gasteiger partial charge in [-0.25, -0.2) is 0 Å². The molecule has 2 heteroatoms. The summed E-state index contributed by atoms with van der Waals surface area (Å²) in [5, 5.41) is 0. The molecule has 1 aliphatic carbocycles. The number of hydrogen-bond donors (Lipinski definition) is 0. The minimum atomic E-state index is -1.45. The van der Waals surface area contributed by atoms with Crippen LogP contribution in [0.25, 0.3) is 0 Å². The van der Waals surface area contributed by atoms with Crippen LogP contribution in [0.4, 0.5) is 0 Å². The van der Waals surface area contributed by atoms with E-state index in [0.717, 1.165) is 6.42 Å². The largest absolute Gasteiger partial charge is 0.548 e. The Morgan fingerprint density at radius 2 is 2.00 bits per heavy atom. The van der Waals surface area contributed by atoms with Crippen molar-refractivity contribution in [1.29, 1.82) is 0 Å². The van der Waals surface area contributed by atoms with E-state index in [1.54, 1.807) is 0 Å². The van der Waals surface area contributed by atoms with Crippen molar-refractivity contribution in [2.24, 2.45) is 0 Å². The SMILES string of the molecule is Cc1cccc(C2C=C(O[Si](C)(C)C)CCC2)c1. The van der Waals surface area contributed by atoms with Gasteiger partial charge in [0.1, 0.15) is 0 Å². The van der Waals surface area contributed by atoms with Gasteiger partial charge >= 0.3 is 0 Å². The van der Waals surface area contributed by atoms with E-state index in [2.05, 4.69) is 56.9 Å². The maximum atomic E-state index is 6.16. The number of aryl methyl sites for hydroxylation is 1. The van der Waals surface area contributed by atoms with Crippen molar-refractivity contribution in [1.82, 2.24) is 0 Å². The van der Waals surface area contributed by atoms with E-state index in [1.807, 2.05) is 0 Å². The van der Waals surface area contributed by atoms with Crippen molar-refractivity contribution < 1.29 is 4.43 Å². The van der Waals surface area contributed by atoms with Crippen LogP contribution in [0, 0.1) is 6.92 Å². The third-order valence-corrected chi connectivity index (χ3v) is 4.11. The van der Waals surface area contributed by atoms with Gasteiger partial charge in [-0.1, -0.05) is 29.8 Å². The minimum absolute atomic E-state index is 0.546. The smallest absolute Gasteiger partial charge is 0.241 e. The van der Waals surface area contributed by atoms with Crippen molar-refractivity contribution in [2.75, 3.05) is 0 Å². The third-order valence-electron chi connectivity index (χ3n) is 3.23. The average Bonchev–Trinajstić information content (AvgIpc) is 2.27. The summed E-state index contributed by atoms with van der Waals surface area (Å²) in [6.45, 7) is 8.92. The van der Waals surface area contributed by atoms with Crippen LogP contribution in [0.5, 0.6) is 0 Å². The van der Waals surface area contributed by atoms with E-state index in [-0.39, 0.29) is 0 Å². The number of benzene rings is 1. The molecule has 0 amide bonds. The summed E-state index contributed by atoms with van der Waals surface area (Å²) >= 11 is 0. The van der Waals surface area contributed by atoms with Gasteiger partial charge in [-0.3, -0.25) is 0 Å². The van der Waals surface area contributed by atoms with E-state index in [0.29, 0.717) is 5.92 Å². The maximum Gasteiger partial charge on any atom is 0.241 e. The molecule has 1 atom stereocenters. The summed E-state index contributed by atoms with van der Waals surface area (Å²) in [4.78, 5) is 0. The normalized spacial score (nSPS) is 20.4. The fourth-order valence-corrected chi connectivity index (χ4v) is 3.49. The van der Waals surface area contributed by atoms with Gasteiger partial charge in [0.15, 0.2) is 0 Å². The third kappa shape index (κ3) is 3.74. The Balaban J connectivity index is 2.17. The Morgan fingerprint density at radius 3 is 2.67 bits per heavy atom. The molecule has 0 fully saturated rings. The molecule has 0 heterocycles. The summed E-state index contributed by atoms with van der Waals surface area (Å²) in [6.07, 6.45) is 5.97. The first-order valence-corrected chi connectivity index (χ1v) is 10.3. The van der Waals surface area contributed by atoms with Gasteiger partial charge in [0, 0.05) is 12.3 Å². The van der Waals surface area contributed by atoms with Crippen LogP contribution in [-0.4, -0.2) is 8.32 Å². The Labute approximate surface area is 112 Å². The Kier molecular flexibility index (Phi) is 3.96. The molecule has 0 spiro atoms. The van der Waals surface area contributed by atoms with Gasteiger partial charge in [0.25, 0.3) is 0 Å². The molecule has 1 aliphatic rings. The predicted molar refractivity (Wildman–Crippen MR) is 80.3 cm³/mol. The molecule has 0 bridgehead atoms. The second-order valence-electron chi connectivity index (χ2n) is 6.26. The summed E-state index contributed by atoms with van der Waals surface area (Å²) in [7, 11) is -1.45. The highest BCUT2D eigenvalue weighted by Gasteiger charge is 2.22. The summed E-state index contributed by atoms with van der Waals surface area (Å²) in [5.74, 6) is 1.77. The number of allylic oxidation sites excluding steroid dienone is 2. The van der Waals surface area contributed by atoms with E-state index < -0.39 is 8.32 Å². The molecule has 1 unspecified atom stereocenters. The molecule has 1 aromatic rings. The van der Waals surface area contributed by atoms with Crippen LogP contribution in [0.1, 0.15) is 36.3 Å². The molecule has 0 aliphatic heterocycles. The van der Waals surface area contributed by atoms with Crippen LogP contribution >= 0.6 is 0 Å².